The van der Waals surface area contributed by atoms with Crippen molar-refractivity contribution in [2.75, 3.05) is 13.1 Å². The number of aryl methyl sites for hydroxylation is 1. The molecule has 15 heavy (non-hydrogen) atoms. The topological polar surface area (TPSA) is 63.0 Å². The van der Waals surface area contributed by atoms with Gasteiger partial charge in [0.2, 0.25) is 0 Å². The third-order valence-electron chi connectivity index (χ3n) is 3.01. The number of hydrogen-bond donors (Lipinski definition) is 2. The number of rotatable bonds is 3. The summed E-state index contributed by atoms with van der Waals surface area (Å²) in [4.78, 5) is 4.23. The molecule has 0 bridgehead atoms. The molecular formula is C10H18N4O. The molecule has 0 aromatic carbocycles. The Hall–Kier alpha value is -0.940. The number of hydrogen-bond acceptors (Lipinski definition) is 4. The van der Waals surface area contributed by atoms with Gasteiger partial charge in [0.15, 0.2) is 0 Å². The van der Waals surface area contributed by atoms with Gasteiger partial charge in [-0.25, -0.2) is 4.98 Å². The highest BCUT2D eigenvalue weighted by Gasteiger charge is 2.24. The van der Waals surface area contributed by atoms with Gasteiger partial charge in [-0.1, -0.05) is 0 Å². The van der Waals surface area contributed by atoms with Crippen molar-refractivity contribution >= 4 is 0 Å². The van der Waals surface area contributed by atoms with Gasteiger partial charge in [-0.3, -0.25) is 4.68 Å². The Morgan fingerprint density at radius 1 is 1.67 bits per heavy atom. The Labute approximate surface area is 89.5 Å². The van der Waals surface area contributed by atoms with Crippen molar-refractivity contribution in [2.45, 2.75) is 32.4 Å². The molecule has 0 radical (unpaired) electrons. The Morgan fingerprint density at radius 3 is 3.27 bits per heavy atom. The van der Waals surface area contributed by atoms with Gasteiger partial charge in [0.05, 0.1) is 6.10 Å². The molecule has 0 aliphatic carbocycles. The van der Waals surface area contributed by atoms with Crippen LogP contribution in [0.15, 0.2) is 6.33 Å². The number of piperidine rings is 1. The molecule has 2 rings (SSSR count). The molecule has 2 atom stereocenters. The lowest BCUT2D eigenvalue weighted by molar-refractivity contribution is 0.0775. The minimum atomic E-state index is -0.201. The summed E-state index contributed by atoms with van der Waals surface area (Å²) in [7, 11) is 0. The zero-order chi connectivity index (χ0) is 10.7. The molecule has 2 unspecified atom stereocenters. The molecule has 2 heterocycles. The van der Waals surface area contributed by atoms with Gasteiger partial charge in [-0.05, 0) is 19.9 Å². The summed E-state index contributed by atoms with van der Waals surface area (Å²) in [6, 6.07) is 0. The van der Waals surface area contributed by atoms with Crippen molar-refractivity contribution in [3.8, 4) is 0 Å². The average molecular weight is 210 g/mol. The van der Waals surface area contributed by atoms with Crippen LogP contribution in [-0.4, -0.2) is 39.1 Å². The summed E-state index contributed by atoms with van der Waals surface area (Å²) in [5.41, 5.74) is 0. The van der Waals surface area contributed by atoms with E-state index in [4.69, 9.17) is 0 Å². The van der Waals surface area contributed by atoms with E-state index < -0.39 is 0 Å². The van der Waals surface area contributed by atoms with E-state index in [1.54, 1.807) is 6.33 Å². The zero-order valence-corrected chi connectivity index (χ0v) is 9.06. The summed E-state index contributed by atoms with van der Waals surface area (Å²) < 4.78 is 1.89. The maximum absolute atomic E-state index is 9.83. The summed E-state index contributed by atoms with van der Waals surface area (Å²) in [6.45, 7) is 4.68. The first-order valence-corrected chi connectivity index (χ1v) is 5.56. The summed E-state index contributed by atoms with van der Waals surface area (Å²) in [5.74, 6) is 1.25. The van der Waals surface area contributed by atoms with Crippen LogP contribution in [0.5, 0.6) is 0 Å². The third kappa shape index (κ3) is 2.35. The van der Waals surface area contributed by atoms with E-state index in [-0.39, 0.29) is 12.0 Å². The number of aliphatic hydroxyl groups is 1. The van der Waals surface area contributed by atoms with Crippen LogP contribution in [0, 0.1) is 5.92 Å². The van der Waals surface area contributed by atoms with Crippen LogP contribution in [0.2, 0.25) is 0 Å². The average Bonchev–Trinajstić information content (AvgIpc) is 2.69. The first-order valence-electron chi connectivity index (χ1n) is 5.56. The minimum absolute atomic E-state index is 0.201. The number of aliphatic hydroxyl groups excluding tert-OH is 1. The largest absolute Gasteiger partial charge is 0.393 e. The lowest BCUT2D eigenvalue weighted by atomic mass is 9.93. The predicted octanol–water partition coefficient (Wildman–Crippen LogP) is -0.189. The highest BCUT2D eigenvalue weighted by molar-refractivity contribution is 4.91. The third-order valence-corrected chi connectivity index (χ3v) is 3.01. The molecule has 5 heteroatoms. The van der Waals surface area contributed by atoms with E-state index in [2.05, 4.69) is 15.4 Å². The van der Waals surface area contributed by atoms with Gasteiger partial charge in [0.1, 0.15) is 12.2 Å². The van der Waals surface area contributed by atoms with E-state index in [9.17, 15) is 5.11 Å². The second kappa shape index (κ2) is 4.72. The molecule has 1 aliphatic rings. The summed E-state index contributed by atoms with van der Waals surface area (Å²) in [5, 5.41) is 17.3. The molecular weight excluding hydrogens is 192 g/mol. The van der Waals surface area contributed by atoms with E-state index in [0.29, 0.717) is 0 Å². The van der Waals surface area contributed by atoms with Gasteiger partial charge in [0, 0.05) is 25.4 Å². The Kier molecular flexibility index (Phi) is 3.33. The zero-order valence-electron chi connectivity index (χ0n) is 9.06. The van der Waals surface area contributed by atoms with Crippen LogP contribution in [0.3, 0.4) is 0 Å². The maximum atomic E-state index is 9.83. The minimum Gasteiger partial charge on any atom is -0.393 e. The molecule has 1 aromatic heterocycles. The fourth-order valence-corrected chi connectivity index (χ4v) is 2.06. The molecule has 1 aromatic rings. The molecule has 1 aliphatic heterocycles. The number of nitrogens with one attached hydrogen (secondary N) is 1. The SMILES string of the molecule is CCn1ncnc1CC1CNCCC1O. The maximum Gasteiger partial charge on any atom is 0.138 e. The number of nitrogens with zero attached hydrogens (tertiary/aromatic N) is 3. The monoisotopic (exact) mass is 210 g/mol. The van der Waals surface area contributed by atoms with Crippen LogP contribution in [-0.2, 0) is 13.0 Å². The van der Waals surface area contributed by atoms with E-state index in [0.717, 1.165) is 38.3 Å². The summed E-state index contributed by atoms with van der Waals surface area (Å²) in [6.07, 6.45) is 3.03. The van der Waals surface area contributed by atoms with Gasteiger partial charge >= 0.3 is 0 Å². The molecule has 2 N–H and O–H groups in total. The Bertz CT molecular complexity index is 312. The lowest BCUT2D eigenvalue weighted by Crippen LogP contribution is -2.41. The van der Waals surface area contributed by atoms with Gasteiger partial charge in [0.25, 0.3) is 0 Å². The van der Waals surface area contributed by atoms with E-state index in [1.807, 2.05) is 11.6 Å². The van der Waals surface area contributed by atoms with E-state index >= 15 is 0 Å². The van der Waals surface area contributed by atoms with Crippen LogP contribution < -0.4 is 5.32 Å². The van der Waals surface area contributed by atoms with Gasteiger partial charge in [-0.15, -0.1) is 0 Å². The van der Waals surface area contributed by atoms with E-state index in [1.165, 1.54) is 0 Å². The van der Waals surface area contributed by atoms with Crippen molar-refractivity contribution in [2.24, 2.45) is 5.92 Å². The molecule has 1 fully saturated rings. The first kappa shape index (κ1) is 10.6. The van der Waals surface area contributed by atoms with Gasteiger partial charge < -0.3 is 10.4 Å². The quantitative estimate of drug-likeness (QED) is 0.726. The van der Waals surface area contributed by atoms with Gasteiger partial charge in [-0.2, -0.15) is 5.10 Å². The second-order valence-corrected chi connectivity index (χ2v) is 4.02. The predicted molar refractivity (Wildman–Crippen MR) is 56.4 cm³/mol. The van der Waals surface area contributed by atoms with Crippen LogP contribution >= 0.6 is 0 Å². The van der Waals surface area contributed by atoms with Crippen LogP contribution in [0.4, 0.5) is 0 Å². The van der Waals surface area contributed by atoms with Crippen molar-refractivity contribution < 1.29 is 5.11 Å². The highest BCUT2D eigenvalue weighted by Crippen LogP contribution is 2.15. The normalized spacial score (nSPS) is 26.8. The van der Waals surface area contributed by atoms with Crippen molar-refractivity contribution in [3.63, 3.8) is 0 Å². The Balaban J connectivity index is 2.01. The fourth-order valence-electron chi connectivity index (χ4n) is 2.06. The molecule has 1 saturated heterocycles. The van der Waals surface area contributed by atoms with Crippen LogP contribution in [0.25, 0.3) is 0 Å². The van der Waals surface area contributed by atoms with Crippen molar-refractivity contribution in [1.29, 1.82) is 0 Å². The smallest absolute Gasteiger partial charge is 0.138 e. The molecule has 0 saturated carbocycles. The Morgan fingerprint density at radius 2 is 2.53 bits per heavy atom. The highest BCUT2D eigenvalue weighted by atomic mass is 16.3. The lowest BCUT2D eigenvalue weighted by Gasteiger charge is -2.27. The molecule has 5 nitrogen and oxygen atoms in total. The fraction of sp³-hybridized carbons (Fsp3) is 0.800. The first-order chi connectivity index (χ1) is 7.31. The second-order valence-electron chi connectivity index (χ2n) is 4.02. The standard InChI is InChI=1S/C10H18N4O/c1-2-14-10(12-7-13-14)5-8-6-11-4-3-9(8)15/h7-9,11,15H,2-6H2,1H3. The van der Waals surface area contributed by atoms with Crippen molar-refractivity contribution in [1.82, 2.24) is 20.1 Å². The number of aromatic nitrogens is 3. The molecule has 84 valence electrons. The molecule has 0 amide bonds. The van der Waals surface area contributed by atoms with Crippen LogP contribution in [0.1, 0.15) is 19.2 Å². The summed E-state index contributed by atoms with van der Waals surface area (Å²) >= 11 is 0. The molecule has 0 spiro atoms. The van der Waals surface area contributed by atoms with Crippen molar-refractivity contribution in [3.05, 3.63) is 12.2 Å².